The largest absolute Gasteiger partial charge is 0.386 e. The summed E-state index contributed by atoms with van der Waals surface area (Å²) in [5, 5.41) is 17.1. The van der Waals surface area contributed by atoms with Crippen molar-refractivity contribution in [3.63, 3.8) is 0 Å². The third-order valence-electron chi connectivity index (χ3n) is 3.92. The number of hydrogen-bond donors (Lipinski definition) is 2. The number of nitrogens with one attached hydrogen (secondary N) is 1. The number of rotatable bonds is 5. The second-order valence-corrected chi connectivity index (χ2v) is 5.67. The van der Waals surface area contributed by atoms with Gasteiger partial charge in [-0.3, -0.25) is 9.78 Å². The highest BCUT2D eigenvalue weighted by atomic mass is 16.5. The summed E-state index contributed by atoms with van der Waals surface area (Å²) in [6.07, 6.45) is 6.10. The number of β-amino-alcohol motifs (C(OH)–C–C–N with tert-alkyl or cyclic N) is 1. The minimum atomic E-state index is -0.996. The molecule has 0 aromatic carbocycles. The summed E-state index contributed by atoms with van der Waals surface area (Å²) in [6, 6.07) is 1.61. The molecule has 0 spiro atoms. The lowest BCUT2D eigenvalue weighted by Gasteiger charge is -2.23. The van der Waals surface area contributed by atoms with E-state index in [1.54, 1.807) is 24.7 Å². The number of aromatic nitrogens is 3. The van der Waals surface area contributed by atoms with Crippen LogP contribution in [0, 0.1) is 0 Å². The van der Waals surface area contributed by atoms with Gasteiger partial charge in [0.2, 0.25) is 0 Å². The normalized spacial score (nSPS) is 20.7. The van der Waals surface area contributed by atoms with Crippen LogP contribution in [0.15, 0.2) is 29.2 Å². The molecule has 1 amide bonds. The van der Waals surface area contributed by atoms with E-state index in [2.05, 4.69) is 20.4 Å². The number of anilines is 1. The molecule has 8 nitrogen and oxygen atoms in total. The first kappa shape index (κ1) is 15.4. The third kappa shape index (κ3) is 3.48. The van der Waals surface area contributed by atoms with Gasteiger partial charge in [-0.1, -0.05) is 12.1 Å². The molecule has 0 saturated carbocycles. The van der Waals surface area contributed by atoms with Crippen molar-refractivity contribution in [2.45, 2.75) is 25.4 Å². The standard InChI is InChI=1S/C15H19N5O3/c1-2-11-7-12(19-23-11)14(21)18-9-15(22)3-6-20(10-15)13-8-16-4-5-17-13/h4-5,7-8,22H,2-3,6,9-10H2,1H3,(H,18,21)/t15-/m0/s1. The SMILES string of the molecule is CCc1cc(C(=O)NC[C@@]2(O)CCN(c3cnccn3)C2)no1. The summed E-state index contributed by atoms with van der Waals surface area (Å²) < 4.78 is 5.01. The van der Waals surface area contributed by atoms with E-state index >= 15 is 0 Å². The van der Waals surface area contributed by atoms with E-state index in [0.717, 1.165) is 5.82 Å². The van der Waals surface area contributed by atoms with Gasteiger partial charge in [0.15, 0.2) is 5.69 Å². The molecule has 3 heterocycles. The van der Waals surface area contributed by atoms with E-state index in [4.69, 9.17) is 4.52 Å². The van der Waals surface area contributed by atoms with Gasteiger partial charge < -0.3 is 19.8 Å². The summed E-state index contributed by atoms with van der Waals surface area (Å²) >= 11 is 0. The minimum Gasteiger partial charge on any atom is -0.386 e. The lowest BCUT2D eigenvalue weighted by atomic mass is 10.0. The van der Waals surface area contributed by atoms with Crippen molar-refractivity contribution in [2.75, 3.05) is 24.5 Å². The Kier molecular flexibility index (Phi) is 4.24. The van der Waals surface area contributed by atoms with Crippen LogP contribution in [0.25, 0.3) is 0 Å². The Morgan fingerprint density at radius 1 is 1.52 bits per heavy atom. The highest BCUT2D eigenvalue weighted by Gasteiger charge is 2.37. The molecule has 122 valence electrons. The summed E-state index contributed by atoms with van der Waals surface area (Å²) in [5.41, 5.74) is -0.765. The van der Waals surface area contributed by atoms with Crippen molar-refractivity contribution in [3.05, 3.63) is 36.1 Å². The smallest absolute Gasteiger partial charge is 0.273 e. The monoisotopic (exact) mass is 317 g/mol. The Morgan fingerprint density at radius 3 is 3.09 bits per heavy atom. The fourth-order valence-electron chi connectivity index (χ4n) is 2.57. The molecule has 2 aromatic heterocycles. The summed E-state index contributed by atoms with van der Waals surface area (Å²) in [7, 11) is 0. The molecular weight excluding hydrogens is 298 g/mol. The van der Waals surface area contributed by atoms with E-state index < -0.39 is 5.60 Å². The van der Waals surface area contributed by atoms with Crippen LogP contribution in [-0.2, 0) is 6.42 Å². The van der Waals surface area contributed by atoms with Crippen LogP contribution in [0.1, 0.15) is 29.6 Å². The molecule has 8 heteroatoms. The average molecular weight is 317 g/mol. The molecule has 1 saturated heterocycles. The van der Waals surface area contributed by atoms with E-state index in [-0.39, 0.29) is 18.1 Å². The molecule has 1 aliphatic rings. The maximum Gasteiger partial charge on any atom is 0.273 e. The highest BCUT2D eigenvalue weighted by molar-refractivity contribution is 5.92. The fourth-order valence-corrected chi connectivity index (χ4v) is 2.57. The Labute approximate surface area is 133 Å². The fraction of sp³-hybridized carbons (Fsp3) is 0.467. The average Bonchev–Trinajstić information content (AvgIpc) is 3.21. The van der Waals surface area contributed by atoms with Crippen LogP contribution in [0.3, 0.4) is 0 Å². The zero-order chi connectivity index (χ0) is 16.3. The summed E-state index contributed by atoms with van der Waals surface area (Å²) in [5.74, 6) is 1.03. The van der Waals surface area contributed by atoms with Crippen LogP contribution in [0.4, 0.5) is 5.82 Å². The van der Waals surface area contributed by atoms with Gasteiger partial charge in [0.1, 0.15) is 17.2 Å². The van der Waals surface area contributed by atoms with Crippen molar-refractivity contribution in [1.29, 1.82) is 0 Å². The summed E-state index contributed by atoms with van der Waals surface area (Å²) in [4.78, 5) is 22.2. The number of carbonyl (C=O) groups excluding carboxylic acids is 1. The van der Waals surface area contributed by atoms with E-state index in [9.17, 15) is 9.90 Å². The van der Waals surface area contributed by atoms with Gasteiger partial charge in [0.25, 0.3) is 5.91 Å². The number of carbonyl (C=O) groups is 1. The maximum absolute atomic E-state index is 12.0. The Morgan fingerprint density at radius 2 is 2.39 bits per heavy atom. The van der Waals surface area contributed by atoms with Gasteiger partial charge >= 0.3 is 0 Å². The molecule has 3 rings (SSSR count). The van der Waals surface area contributed by atoms with Crippen LogP contribution in [0.5, 0.6) is 0 Å². The molecule has 23 heavy (non-hydrogen) atoms. The topological polar surface area (TPSA) is 104 Å². The molecule has 0 unspecified atom stereocenters. The van der Waals surface area contributed by atoms with Gasteiger partial charge in [-0.25, -0.2) is 4.98 Å². The molecule has 0 bridgehead atoms. The van der Waals surface area contributed by atoms with E-state index in [0.29, 0.717) is 31.7 Å². The van der Waals surface area contributed by atoms with Gasteiger partial charge in [-0.15, -0.1) is 0 Å². The molecule has 2 N–H and O–H groups in total. The first-order valence-corrected chi connectivity index (χ1v) is 7.57. The van der Waals surface area contributed by atoms with Crippen LogP contribution in [-0.4, -0.2) is 51.4 Å². The van der Waals surface area contributed by atoms with E-state index in [1.165, 1.54) is 0 Å². The lowest BCUT2D eigenvalue weighted by molar-refractivity contribution is 0.0572. The number of aryl methyl sites for hydroxylation is 1. The van der Waals surface area contributed by atoms with Gasteiger partial charge in [-0.05, 0) is 6.42 Å². The van der Waals surface area contributed by atoms with Crippen molar-refractivity contribution in [1.82, 2.24) is 20.4 Å². The number of nitrogens with zero attached hydrogens (tertiary/aromatic N) is 4. The van der Waals surface area contributed by atoms with Gasteiger partial charge in [0, 0.05) is 44.5 Å². The molecular formula is C15H19N5O3. The van der Waals surface area contributed by atoms with Crippen LogP contribution < -0.4 is 10.2 Å². The molecule has 0 aliphatic carbocycles. The highest BCUT2D eigenvalue weighted by Crippen LogP contribution is 2.24. The van der Waals surface area contributed by atoms with Crippen LogP contribution in [0.2, 0.25) is 0 Å². The summed E-state index contributed by atoms with van der Waals surface area (Å²) in [6.45, 7) is 3.13. The molecule has 0 radical (unpaired) electrons. The predicted molar refractivity (Wildman–Crippen MR) is 82.0 cm³/mol. The van der Waals surface area contributed by atoms with Crippen LogP contribution >= 0.6 is 0 Å². The maximum atomic E-state index is 12.0. The molecule has 1 fully saturated rings. The lowest BCUT2D eigenvalue weighted by Crippen LogP contribution is -2.45. The second kappa shape index (κ2) is 6.33. The van der Waals surface area contributed by atoms with Crippen molar-refractivity contribution < 1.29 is 14.4 Å². The van der Waals surface area contributed by atoms with Gasteiger partial charge in [0.05, 0.1) is 6.20 Å². The Balaban J connectivity index is 1.56. The predicted octanol–water partition coefficient (Wildman–Crippen LogP) is 0.398. The number of hydrogen-bond acceptors (Lipinski definition) is 7. The first-order valence-electron chi connectivity index (χ1n) is 7.57. The zero-order valence-corrected chi connectivity index (χ0v) is 12.9. The quantitative estimate of drug-likeness (QED) is 0.822. The number of amides is 1. The van der Waals surface area contributed by atoms with Gasteiger partial charge in [-0.2, -0.15) is 0 Å². The van der Waals surface area contributed by atoms with Crippen molar-refractivity contribution in [2.24, 2.45) is 0 Å². The van der Waals surface area contributed by atoms with Crippen molar-refractivity contribution >= 4 is 11.7 Å². The van der Waals surface area contributed by atoms with Crippen molar-refractivity contribution in [3.8, 4) is 0 Å². The molecule has 1 atom stereocenters. The first-order chi connectivity index (χ1) is 11.1. The second-order valence-electron chi connectivity index (χ2n) is 5.67. The van der Waals surface area contributed by atoms with E-state index in [1.807, 2.05) is 11.8 Å². The third-order valence-corrected chi connectivity index (χ3v) is 3.92. The molecule has 1 aliphatic heterocycles. The minimum absolute atomic E-state index is 0.150. The number of aliphatic hydroxyl groups is 1. The molecule has 2 aromatic rings. The Bertz CT molecular complexity index is 675. The zero-order valence-electron chi connectivity index (χ0n) is 12.9. The Hall–Kier alpha value is -2.48.